The van der Waals surface area contributed by atoms with E-state index >= 15 is 0 Å². The average molecular weight is 346 g/mol. The van der Waals surface area contributed by atoms with Crippen LogP contribution in [0.4, 0.5) is 5.69 Å². The van der Waals surface area contributed by atoms with Gasteiger partial charge < -0.3 is 10.0 Å². The number of aryl methyl sites for hydroxylation is 2. The fourth-order valence-electron chi connectivity index (χ4n) is 3.82. The molecule has 3 aromatic rings. The van der Waals surface area contributed by atoms with Crippen molar-refractivity contribution in [1.82, 2.24) is 4.98 Å². The zero-order chi connectivity index (χ0) is 18.3. The summed E-state index contributed by atoms with van der Waals surface area (Å²) in [7, 11) is 0. The summed E-state index contributed by atoms with van der Waals surface area (Å²) >= 11 is 0. The van der Waals surface area contributed by atoms with Crippen LogP contribution in [0.1, 0.15) is 34.3 Å². The standard InChI is InChI=1S/C22H22N2O2/c1-14-11-15(2)21-18(12-14)19(22(25)26)13-20(23-21)16-5-7-17(8-6-16)24-9-3-4-10-24/h5-8,11-13H,3-4,9-10H2,1-2H3,(H,25,26). The molecule has 2 aromatic carbocycles. The second-order valence-electron chi connectivity index (χ2n) is 7.08. The highest BCUT2D eigenvalue weighted by molar-refractivity contribution is 6.04. The van der Waals surface area contributed by atoms with Gasteiger partial charge in [-0.25, -0.2) is 9.78 Å². The second kappa shape index (κ2) is 6.45. The minimum atomic E-state index is -0.919. The SMILES string of the molecule is Cc1cc(C)c2nc(-c3ccc(N4CCCC4)cc3)cc(C(=O)O)c2c1. The van der Waals surface area contributed by atoms with E-state index in [1.807, 2.05) is 38.1 Å². The molecule has 0 bridgehead atoms. The topological polar surface area (TPSA) is 53.4 Å². The first-order chi connectivity index (χ1) is 12.5. The number of carboxylic acids is 1. The molecule has 132 valence electrons. The normalized spacial score (nSPS) is 14.2. The second-order valence-corrected chi connectivity index (χ2v) is 7.08. The molecule has 0 atom stereocenters. The van der Waals surface area contributed by atoms with E-state index in [1.54, 1.807) is 6.07 Å². The van der Waals surface area contributed by atoms with Gasteiger partial charge in [-0.3, -0.25) is 0 Å². The Hall–Kier alpha value is -2.88. The Kier molecular flexibility index (Phi) is 4.11. The maximum atomic E-state index is 11.8. The van der Waals surface area contributed by atoms with Gasteiger partial charge >= 0.3 is 5.97 Å². The lowest BCUT2D eigenvalue weighted by atomic mass is 10.00. The molecule has 1 aliphatic rings. The van der Waals surface area contributed by atoms with Crippen molar-refractivity contribution in [3.8, 4) is 11.3 Å². The predicted molar refractivity (Wildman–Crippen MR) is 105 cm³/mol. The van der Waals surface area contributed by atoms with Crippen LogP contribution in [0.3, 0.4) is 0 Å². The maximum Gasteiger partial charge on any atom is 0.336 e. The van der Waals surface area contributed by atoms with E-state index in [0.717, 1.165) is 35.3 Å². The highest BCUT2D eigenvalue weighted by Crippen LogP contribution is 2.29. The van der Waals surface area contributed by atoms with Crippen molar-refractivity contribution in [1.29, 1.82) is 0 Å². The molecule has 4 nitrogen and oxygen atoms in total. The number of carbonyl (C=O) groups is 1. The zero-order valence-electron chi connectivity index (χ0n) is 15.1. The fraction of sp³-hybridized carbons (Fsp3) is 0.273. The summed E-state index contributed by atoms with van der Waals surface area (Å²) in [5.74, 6) is -0.919. The Morgan fingerprint density at radius 3 is 2.38 bits per heavy atom. The Labute approximate surface area is 153 Å². The van der Waals surface area contributed by atoms with Crippen LogP contribution in [-0.4, -0.2) is 29.1 Å². The molecule has 0 aliphatic carbocycles. The van der Waals surface area contributed by atoms with Crippen LogP contribution in [0, 0.1) is 13.8 Å². The van der Waals surface area contributed by atoms with Gasteiger partial charge in [0.2, 0.25) is 0 Å². The van der Waals surface area contributed by atoms with E-state index in [-0.39, 0.29) is 0 Å². The zero-order valence-corrected chi connectivity index (χ0v) is 15.1. The minimum absolute atomic E-state index is 0.306. The molecule has 1 aliphatic heterocycles. The molecule has 1 N–H and O–H groups in total. The molecule has 4 heteroatoms. The number of hydrogen-bond acceptors (Lipinski definition) is 3. The van der Waals surface area contributed by atoms with Gasteiger partial charge in [0.05, 0.1) is 16.8 Å². The molecule has 4 rings (SSSR count). The van der Waals surface area contributed by atoms with Crippen molar-refractivity contribution >= 4 is 22.6 Å². The van der Waals surface area contributed by atoms with Crippen molar-refractivity contribution in [2.45, 2.75) is 26.7 Å². The van der Waals surface area contributed by atoms with Crippen LogP contribution in [0.25, 0.3) is 22.2 Å². The van der Waals surface area contributed by atoms with Crippen LogP contribution in [-0.2, 0) is 0 Å². The van der Waals surface area contributed by atoms with Crippen molar-refractivity contribution in [2.24, 2.45) is 0 Å². The van der Waals surface area contributed by atoms with Gasteiger partial charge in [0, 0.05) is 29.7 Å². The lowest BCUT2D eigenvalue weighted by Gasteiger charge is -2.18. The fourth-order valence-corrected chi connectivity index (χ4v) is 3.82. The highest BCUT2D eigenvalue weighted by atomic mass is 16.4. The summed E-state index contributed by atoms with van der Waals surface area (Å²) < 4.78 is 0. The van der Waals surface area contributed by atoms with Gasteiger partial charge in [-0.05, 0) is 56.5 Å². The number of benzene rings is 2. The van der Waals surface area contributed by atoms with Crippen LogP contribution >= 0.6 is 0 Å². The van der Waals surface area contributed by atoms with E-state index in [9.17, 15) is 9.90 Å². The van der Waals surface area contributed by atoms with E-state index in [0.29, 0.717) is 16.6 Å². The van der Waals surface area contributed by atoms with Gasteiger partial charge in [-0.1, -0.05) is 23.8 Å². The van der Waals surface area contributed by atoms with Crippen LogP contribution in [0.5, 0.6) is 0 Å². The summed E-state index contributed by atoms with van der Waals surface area (Å²) in [6.45, 7) is 6.17. The van der Waals surface area contributed by atoms with E-state index < -0.39 is 5.97 Å². The Balaban J connectivity index is 1.82. The third-order valence-corrected chi connectivity index (χ3v) is 5.11. The quantitative estimate of drug-likeness (QED) is 0.739. The van der Waals surface area contributed by atoms with Crippen LogP contribution in [0.2, 0.25) is 0 Å². The predicted octanol–water partition coefficient (Wildman–Crippen LogP) is 4.82. The Bertz CT molecular complexity index is 987. The lowest BCUT2D eigenvalue weighted by molar-refractivity contribution is 0.0699. The minimum Gasteiger partial charge on any atom is -0.478 e. The first kappa shape index (κ1) is 16.6. The molecule has 1 fully saturated rings. The first-order valence-corrected chi connectivity index (χ1v) is 9.03. The molecular formula is C22H22N2O2. The molecule has 26 heavy (non-hydrogen) atoms. The van der Waals surface area contributed by atoms with Gasteiger partial charge in [0.1, 0.15) is 0 Å². The molecule has 0 unspecified atom stereocenters. The molecule has 0 spiro atoms. The summed E-state index contributed by atoms with van der Waals surface area (Å²) in [4.78, 5) is 19.0. The van der Waals surface area contributed by atoms with E-state index in [1.165, 1.54) is 18.5 Å². The third kappa shape index (κ3) is 2.92. The number of nitrogens with zero attached hydrogens (tertiary/aromatic N) is 2. The number of hydrogen-bond donors (Lipinski definition) is 1. The summed E-state index contributed by atoms with van der Waals surface area (Å²) in [5.41, 5.74) is 5.97. The molecule has 0 radical (unpaired) electrons. The number of pyridine rings is 1. The highest BCUT2D eigenvalue weighted by Gasteiger charge is 2.16. The van der Waals surface area contributed by atoms with Crippen molar-refractivity contribution in [3.05, 3.63) is 59.2 Å². The lowest BCUT2D eigenvalue weighted by Crippen LogP contribution is -2.17. The monoisotopic (exact) mass is 346 g/mol. The number of aromatic carboxylic acids is 1. The molecule has 1 saturated heterocycles. The molecule has 1 aromatic heterocycles. The van der Waals surface area contributed by atoms with Gasteiger partial charge in [0.25, 0.3) is 0 Å². The van der Waals surface area contributed by atoms with Crippen molar-refractivity contribution < 1.29 is 9.90 Å². The van der Waals surface area contributed by atoms with Crippen molar-refractivity contribution in [2.75, 3.05) is 18.0 Å². The van der Waals surface area contributed by atoms with E-state index in [2.05, 4.69) is 17.0 Å². The Morgan fingerprint density at radius 2 is 1.73 bits per heavy atom. The summed E-state index contributed by atoms with van der Waals surface area (Å²) in [5, 5.41) is 10.4. The molecule has 0 amide bonds. The smallest absolute Gasteiger partial charge is 0.336 e. The molecule has 2 heterocycles. The van der Waals surface area contributed by atoms with Crippen LogP contribution < -0.4 is 4.90 Å². The Morgan fingerprint density at radius 1 is 1.04 bits per heavy atom. The number of anilines is 1. The summed E-state index contributed by atoms with van der Waals surface area (Å²) in [6.07, 6.45) is 2.49. The molecule has 0 saturated carbocycles. The van der Waals surface area contributed by atoms with Gasteiger partial charge in [-0.2, -0.15) is 0 Å². The number of fused-ring (bicyclic) bond motifs is 1. The number of rotatable bonds is 3. The van der Waals surface area contributed by atoms with Crippen molar-refractivity contribution in [3.63, 3.8) is 0 Å². The third-order valence-electron chi connectivity index (χ3n) is 5.11. The number of aromatic nitrogens is 1. The largest absolute Gasteiger partial charge is 0.478 e. The van der Waals surface area contributed by atoms with E-state index in [4.69, 9.17) is 4.98 Å². The van der Waals surface area contributed by atoms with Gasteiger partial charge in [-0.15, -0.1) is 0 Å². The number of carboxylic acid groups (broad SMARTS) is 1. The molecular weight excluding hydrogens is 324 g/mol. The van der Waals surface area contributed by atoms with Crippen LogP contribution in [0.15, 0.2) is 42.5 Å². The average Bonchev–Trinajstić information content (AvgIpc) is 3.15. The summed E-state index contributed by atoms with van der Waals surface area (Å²) in [6, 6.07) is 13.9. The van der Waals surface area contributed by atoms with Gasteiger partial charge in [0.15, 0.2) is 0 Å². The first-order valence-electron chi connectivity index (χ1n) is 9.03. The maximum absolute atomic E-state index is 11.8.